The van der Waals surface area contributed by atoms with Gasteiger partial charge in [-0.05, 0) is 47.3 Å². The van der Waals surface area contributed by atoms with Crippen molar-refractivity contribution in [1.29, 1.82) is 0 Å². The second-order valence-electron chi connectivity index (χ2n) is 6.00. The molecule has 0 fully saturated rings. The van der Waals surface area contributed by atoms with Crippen LogP contribution in [0.4, 0.5) is 5.69 Å². The van der Waals surface area contributed by atoms with Gasteiger partial charge in [0, 0.05) is 17.3 Å². The van der Waals surface area contributed by atoms with Gasteiger partial charge in [-0.25, -0.2) is 4.79 Å². The number of benzene rings is 2. The first kappa shape index (κ1) is 20.6. The van der Waals surface area contributed by atoms with Gasteiger partial charge in [-0.2, -0.15) is 0 Å². The number of ether oxygens (including phenoxy) is 1. The predicted molar refractivity (Wildman–Crippen MR) is 112 cm³/mol. The van der Waals surface area contributed by atoms with Gasteiger partial charge in [0.25, 0.3) is 11.8 Å². The van der Waals surface area contributed by atoms with E-state index in [9.17, 15) is 14.4 Å². The zero-order valence-corrected chi connectivity index (χ0v) is 16.8. The Labute approximate surface area is 176 Å². The van der Waals surface area contributed by atoms with Crippen molar-refractivity contribution in [1.82, 2.24) is 5.32 Å². The van der Waals surface area contributed by atoms with Gasteiger partial charge < -0.3 is 15.4 Å². The van der Waals surface area contributed by atoms with Gasteiger partial charge >= 0.3 is 5.97 Å². The third-order valence-electron chi connectivity index (χ3n) is 3.81. The minimum atomic E-state index is -0.657. The number of carbonyl (C=O) groups excluding carboxylic acids is 3. The molecule has 0 atom stereocenters. The van der Waals surface area contributed by atoms with Crippen LogP contribution < -0.4 is 10.6 Å². The van der Waals surface area contributed by atoms with Crippen molar-refractivity contribution < 1.29 is 19.1 Å². The van der Waals surface area contributed by atoms with E-state index >= 15 is 0 Å². The Hall–Kier alpha value is -3.16. The Morgan fingerprint density at radius 3 is 2.59 bits per heavy atom. The van der Waals surface area contributed by atoms with Crippen molar-refractivity contribution in [2.45, 2.75) is 6.54 Å². The maximum atomic E-state index is 12.2. The molecule has 0 spiro atoms. The van der Waals surface area contributed by atoms with Crippen LogP contribution in [-0.2, 0) is 16.1 Å². The molecule has 29 heavy (non-hydrogen) atoms. The number of hydrogen-bond acceptors (Lipinski definition) is 5. The highest BCUT2D eigenvalue weighted by Crippen LogP contribution is 2.15. The van der Waals surface area contributed by atoms with E-state index in [4.69, 9.17) is 16.3 Å². The Morgan fingerprint density at radius 1 is 1.00 bits per heavy atom. The quantitative estimate of drug-likeness (QED) is 0.554. The lowest BCUT2D eigenvalue weighted by Gasteiger charge is -2.08. The lowest BCUT2D eigenvalue weighted by atomic mass is 10.2. The molecule has 6 nitrogen and oxygen atoms in total. The molecular formula is C21H17ClN2O4S. The SMILES string of the molecule is O=C(COC(=O)c1cccc(NC(=O)c2cccs2)c1)NCc1cccc(Cl)c1. The molecule has 0 radical (unpaired) electrons. The zero-order chi connectivity index (χ0) is 20.6. The number of hydrogen-bond donors (Lipinski definition) is 2. The maximum absolute atomic E-state index is 12.2. The molecule has 2 amide bonds. The number of amides is 2. The average Bonchev–Trinajstić information content (AvgIpc) is 3.26. The average molecular weight is 429 g/mol. The van der Waals surface area contributed by atoms with Gasteiger partial charge in [-0.1, -0.05) is 35.9 Å². The molecule has 3 rings (SSSR count). The Kier molecular flexibility index (Phi) is 6.99. The molecule has 0 aliphatic carbocycles. The molecule has 1 aromatic heterocycles. The van der Waals surface area contributed by atoms with E-state index in [-0.39, 0.29) is 18.0 Å². The number of thiophene rings is 1. The summed E-state index contributed by atoms with van der Waals surface area (Å²) < 4.78 is 5.05. The smallest absolute Gasteiger partial charge is 0.338 e. The van der Waals surface area contributed by atoms with Crippen LogP contribution in [0.3, 0.4) is 0 Å². The molecular weight excluding hydrogens is 412 g/mol. The fourth-order valence-electron chi connectivity index (χ4n) is 2.44. The Bertz CT molecular complexity index is 1020. The summed E-state index contributed by atoms with van der Waals surface area (Å²) in [6.45, 7) is -0.133. The van der Waals surface area contributed by atoms with Crippen molar-refractivity contribution >= 4 is 46.4 Å². The van der Waals surface area contributed by atoms with Gasteiger partial charge in [0.05, 0.1) is 10.4 Å². The van der Waals surface area contributed by atoms with Crippen molar-refractivity contribution in [3.63, 3.8) is 0 Å². The number of halogens is 1. The van der Waals surface area contributed by atoms with Gasteiger partial charge in [-0.15, -0.1) is 11.3 Å². The zero-order valence-electron chi connectivity index (χ0n) is 15.2. The highest BCUT2D eigenvalue weighted by molar-refractivity contribution is 7.12. The first-order chi connectivity index (χ1) is 14.0. The van der Waals surface area contributed by atoms with Crippen molar-refractivity contribution in [3.05, 3.63) is 87.1 Å². The summed E-state index contributed by atoms with van der Waals surface area (Å²) in [4.78, 5) is 36.8. The van der Waals surface area contributed by atoms with E-state index < -0.39 is 18.5 Å². The lowest BCUT2D eigenvalue weighted by Crippen LogP contribution is -2.28. The molecule has 3 aromatic rings. The van der Waals surface area contributed by atoms with Crippen molar-refractivity contribution in [2.24, 2.45) is 0 Å². The second-order valence-corrected chi connectivity index (χ2v) is 7.38. The molecule has 0 bridgehead atoms. The fraction of sp³-hybridized carbons (Fsp3) is 0.0952. The van der Waals surface area contributed by atoms with E-state index in [1.807, 2.05) is 6.07 Å². The highest BCUT2D eigenvalue weighted by atomic mass is 35.5. The van der Waals surface area contributed by atoms with E-state index in [0.717, 1.165) is 5.56 Å². The van der Waals surface area contributed by atoms with Crippen LogP contribution >= 0.6 is 22.9 Å². The van der Waals surface area contributed by atoms with Crippen molar-refractivity contribution in [2.75, 3.05) is 11.9 Å². The van der Waals surface area contributed by atoms with Gasteiger partial charge in [0.15, 0.2) is 6.61 Å². The number of esters is 1. The molecule has 2 aromatic carbocycles. The van der Waals surface area contributed by atoms with Crippen LogP contribution in [0.1, 0.15) is 25.6 Å². The largest absolute Gasteiger partial charge is 0.452 e. The van der Waals surface area contributed by atoms with Crippen LogP contribution in [-0.4, -0.2) is 24.4 Å². The first-order valence-corrected chi connectivity index (χ1v) is 9.90. The molecule has 0 saturated carbocycles. The molecule has 1 heterocycles. The molecule has 8 heteroatoms. The molecule has 0 unspecified atom stereocenters. The third kappa shape index (κ3) is 6.17. The predicted octanol–water partition coefficient (Wildman–Crippen LogP) is 4.13. The molecule has 0 aliphatic rings. The third-order valence-corrected chi connectivity index (χ3v) is 4.92. The molecule has 2 N–H and O–H groups in total. The summed E-state index contributed by atoms with van der Waals surface area (Å²) in [7, 11) is 0. The maximum Gasteiger partial charge on any atom is 0.338 e. The number of rotatable bonds is 7. The van der Waals surface area contributed by atoms with Crippen LogP contribution in [0.25, 0.3) is 0 Å². The number of anilines is 1. The van der Waals surface area contributed by atoms with E-state index in [2.05, 4.69) is 10.6 Å². The summed E-state index contributed by atoms with van der Waals surface area (Å²) in [5.74, 6) is -1.35. The summed E-state index contributed by atoms with van der Waals surface area (Å²) in [5.41, 5.74) is 1.53. The van der Waals surface area contributed by atoms with Crippen LogP contribution in [0, 0.1) is 0 Å². The van der Waals surface area contributed by atoms with E-state index in [1.165, 1.54) is 17.4 Å². The number of carbonyl (C=O) groups is 3. The summed E-state index contributed by atoms with van der Waals surface area (Å²) in [6, 6.07) is 16.9. The first-order valence-electron chi connectivity index (χ1n) is 8.64. The Balaban J connectivity index is 1.50. The lowest BCUT2D eigenvalue weighted by molar-refractivity contribution is -0.124. The standard InChI is InChI=1S/C21H17ClN2O4S/c22-16-6-1-4-14(10-16)12-23-19(25)13-28-21(27)15-5-2-7-17(11-15)24-20(26)18-8-3-9-29-18/h1-11H,12-13H2,(H,23,25)(H,24,26). The normalized spacial score (nSPS) is 10.2. The van der Waals surface area contributed by atoms with Crippen molar-refractivity contribution in [3.8, 4) is 0 Å². The fourth-order valence-corrected chi connectivity index (χ4v) is 3.27. The molecule has 0 saturated heterocycles. The van der Waals surface area contributed by atoms with Crippen LogP contribution in [0.5, 0.6) is 0 Å². The molecule has 0 aliphatic heterocycles. The summed E-state index contributed by atoms with van der Waals surface area (Å²) >= 11 is 7.22. The second kappa shape index (κ2) is 9.86. The Morgan fingerprint density at radius 2 is 1.83 bits per heavy atom. The highest BCUT2D eigenvalue weighted by Gasteiger charge is 2.12. The summed E-state index contributed by atoms with van der Waals surface area (Å²) in [5, 5.41) is 7.76. The van der Waals surface area contributed by atoms with Crippen LogP contribution in [0.15, 0.2) is 66.0 Å². The monoisotopic (exact) mass is 428 g/mol. The minimum Gasteiger partial charge on any atom is -0.452 e. The van der Waals surface area contributed by atoms with Gasteiger partial charge in [0.1, 0.15) is 0 Å². The van der Waals surface area contributed by atoms with Gasteiger partial charge in [0.2, 0.25) is 0 Å². The topological polar surface area (TPSA) is 84.5 Å². The summed E-state index contributed by atoms with van der Waals surface area (Å²) in [6.07, 6.45) is 0. The number of nitrogens with one attached hydrogen (secondary N) is 2. The minimum absolute atomic E-state index is 0.233. The van der Waals surface area contributed by atoms with Gasteiger partial charge in [-0.3, -0.25) is 9.59 Å². The van der Waals surface area contributed by atoms with E-state index in [0.29, 0.717) is 15.6 Å². The molecule has 148 valence electrons. The van der Waals surface area contributed by atoms with E-state index in [1.54, 1.807) is 53.9 Å². The van der Waals surface area contributed by atoms with Crippen LogP contribution in [0.2, 0.25) is 5.02 Å².